The summed E-state index contributed by atoms with van der Waals surface area (Å²) in [6.45, 7) is 1.81. The van der Waals surface area contributed by atoms with E-state index in [0.717, 1.165) is 36.5 Å². The summed E-state index contributed by atoms with van der Waals surface area (Å²) in [7, 11) is 0. The molecule has 1 N–H and O–H groups in total. The summed E-state index contributed by atoms with van der Waals surface area (Å²) in [4.78, 5) is 18.8. The molecule has 3 heterocycles. The van der Waals surface area contributed by atoms with Crippen molar-refractivity contribution < 1.29 is 4.39 Å². The molecule has 4 rings (SSSR count). The standard InChI is InChI=1S/C17H18FN5/c18-13-6-4-12(5-7-13)11-23-10-2-1-3-14(23)15-21-16-17(22-15)20-9-8-19-16/h4-9,14H,1-3,10-11H2,(H,19,20,21,22). The van der Waals surface area contributed by atoms with E-state index in [1.165, 1.54) is 25.0 Å². The topological polar surface area (TPSA) is 57.7 Å². The molecule has 0 radical (unpaired) electrons. The molecule has 1 aromatic carbocycles. The van der Waals surface area contributed by atoms with Crippen LogP contribution in [0.2, 0.25) is 0 Å². The zero-order chi connectivity index (χ0) is 15.6. The lowest BCUT2D eigenvalue weighted by molar-refractivity contribution is 0.134. The van der Waals surface area contributed by atoms with Crippen molar-refractivity contribution in [1.82, 2.24) is 24.8 Å². The molecule has 1 saturated heterocycles. The van der Waals surface area contributed by atoms with E-state index in [9.17, 15) is 4.39 Å². The van der Waals surface area contributed by atoms with Crippen LogP contribution in [0.25, 0.3) is 11.3 Å². The second-order valence-electron chi connectivity index (χ2n) is 5.96. The monoisotopic (exact) mass is 311 g/mol. The molecule has 118 valence electrons. The lowest BCUT2D eigenvalue weighted by Gasteiger charge is -2.34. The zero-order valence-corrected chi connectivity index (χ0v) is 12.7. The van der Waals surface area contributed by atoms with Gasteiger partial charge in [-0.1, -0.05) is 18.6 Å². The van der Waals surface area contributed by atoms with Crippen LogP contribution in [0, 0.1) is 5.82 Å². The van der Waals surface area contributed by atoms with Crippen LogP contribution in [0.1, 0.15) is 36.7 Å². The van der Waals surface area contributed by atoms with Gasteiger partial charge < -0.3 is 4.98 Å². The van der Waals surface area contributed by atoms with Crippen LogP contribution in [0.15, 0.2) is 36.7 Å². The summed E-state index contributed by atoms with van der Waals surface area (Å²) < 4.78 is 13.1. The summed E-state index contributed by atoms with van der Waals surface area (Å²) >= 11 is 0. The van der Waals surface area contributed by atoms with Crippen LogP contribution in [0.3, 0.4) is 0 Å². The van der Waals surface area contributed by atoms with Crippen LogP contribution in [0.5, 0.6) is 0 Å². The average molecular weight is 311 g/mol. The number of nitrogens with one attached hydrogen (secondary N) is 1. The number of rotatable bonds is 3. The first-order chi connectivity index (χ1) is 11.3. The minimum atomic E-state index is -0.196. The van der Waals surface area contributed by atoms with Gasteiger partial charge in [-0.15, -0.1) is 0 Å². The number of fused-ring (bicyclic) bond motifs is 1. The number of piperidine rings is 1. The van der Waals surface area contributed by atoms with Crippen LogP contribution in [-0.4, -0.2) is 31.4 Å². The van der Waals surface area contributed by atoms with E-state index in [2.05, 4.69) is 24.8 Å². The lowest BCUT2D eigenvalue weighted by atomic mass is 10.0. The van der Waals surface area contributed by atoms with Crippen molar-refractivity contribution in [3.63, 3.8) is 0 Å². The summed E-state index contributed by atoms with van der Waals surface area (Å²) in [5.41, 5.74) is 2.51. The molecule has 1 aliphatic rings. The highest BCUT2D eigenvalue weighted by Gasteiger charge is 2.26. The van der Waals surface area contributed by atoms with Gasteiger partial charge in [-0.05, 0) is 37.1 Å². The Balaban J connectivity index is 1.60. The van der Waals surface area contributed by atoms with Gasteiger partial charge in [-0.2, -0.15) is 0 Å². The number of nitrogens with zero attached hydrogens (tertiary/aromatic N) is 4. The normalized spacial score (nSPS) is 19.3. The number of imidazole rings is 1. The Labute approximate surface area is 133 Å². The molecule has 1 atom stereocenters. The predicted octanol–water partition coefficient (Wildman–Crippen LogP) is 3.22. The van der Waals surface area contributed by atoms with Gasteiger partial charge in [0.05, 0.1) is 6.04 Å². The first kappa shape index (κ1) is 14.3. The van der Waals surface area contributed by atoms with Gasteiger partial charge in [0.1, 0.15) is 11.6 Å². The molecule has 1 fully saturated rings. The molecule has 0 saturated carbocycles. The number of H-pyrrole nitrogens is 1. The molecule has 1 aliphatic heterocycles. The molecule has 2 aromatic heterocycles. The predicted molar refractivity (Wildman–Crippen MR) is 85.1 cm³/mol. The van der Waals surface area contributed by atoms with Gasteiger partial charge in [0.15, 0.2) is 11.3 Å². The Kier molecular flexibility index (Phi) is 3.75. The third-order valence-electron chi connectivity index (χ3n) is 4.38. The minimum absolute atomic E-state index is 0.196. The molecular weight excluding hydrogens is 293 g/mol. The second kappa shape index (κ2) is 6.04. The highest BCUT2D eigenvalue weighted by molar-refractivity contribution is 5.64. The Bertz CT molecular complexity index is 765. The minimum Gasteiger partial charge on any atom is -0.324 e. The maximum absolute atomic E-state index is 13.1. The number of hydrogen-bond donors (Lipinski definition) is 1. The largest absolute Gasteiger partial charge is 0.324 e. The van der Waals surface area contributed by atoms with Crippen LogP contribution in [0.4, 0.5) is 4.39 Å². The van der Waals surface area contributed by atoms with Crippen molar-refractivity contribution in [3.8, 4) is 0 Å². The van der Waals surface area contributed by atoms with Gasteiger partial charge in [0, 0.05) is 18.9 Å². The van der Waals surface area contributed by atoms with Crippen molar-refractivity contribution in [1.29, 1.82) is 0 Å². The van der Waals surface area contributed by atoms with E-state index < -0.39 is 0 Å². The first-order valence-electron chi connectivity index (χ1n) is 7.95. The second-order valence-corrected chi connectivity index (χ2v) is 5.96. The molecule has 0 spiro atoms. The highest BCUT2D eigenvalue weighted by Crippen LogP contribution is 2.31. The molecule has 0 amide bonds. The molecule has 5 nitrogen and oxygen atoms in total. The Morgan fingerprint density at radius 3 is 2.78 bits per heavy atom. The Hall–Kier alpha value is -2.34. The highest BCUT2D eigenvalue weighted by atomic mass is 19.1. The van der Waals surface area contributed by atoms with E-state index in [1.807, 2.05) is 12.1 Å². The van der Waals surface area contributed by atoms with Gasteiger partial charge in [-0.3, -0.25) is 4.90 Å². The molecule has 0 bridgehead atoms. The van der Waals surface area contributed by atoms with E-state index in [-0.39, 0.29) is 11.9 Å². The molecule has 1 unspecified atom stereocenters. The quantitative estimate of drug-likeness (QED) is 0.807. The first-order valence-corrected chi connectivity index (χ1v) is 7.95. The van der Waals surface area contributed by atoms with Crippen molar-refractivity contribution in [3.05, 3.63) is 53.9 Å². The third kappa shape index (κ3) is 2.94. The fourth-order valence-corrected chi connectivity index (χ4v) is 3.24. The average Bonchev–Trinajstić information content (AvgIpc) is 3.01. The van der Waals surface area contributed by atoms with Gasteiger partial charge >= 0.3 is 0 Å². The smallest absolute Gasteiger partial charge is 0.197 e. The summed E-state index contributed by atoms with van der Waals surface area (Å²) in [5.74, 6) is 0.728. The van der Waals surface area contributed by atoms with E-state index >= 15 is 0 Å². The van der Waals surface area contributed by atoms with Crippen LogP contribution < -0.4 is 0 Å². The summed E-state index contributed by atoms with van der Waals surface area (Å²) in [6, 6.07) is 6.96. The molecule has 6 heteroatoms. The van der Waals surface area contributed by atoms with E-state index in [4.69, 9.17) is 0 Å². The van der Waals surface area contributed by atoms with Gasteiger partial charge in [0.2, 0.25) is 0 Å². The number of hydrogen-bond acceptors (Lipinski definition) is 4. The van der Waals surface area contributed by atoms with Crippen molar-refractivity contribution in [2.75, 3.05) is 6.54 Å². The molecule has 23 heavy (non-hydrogen) atoms. The fraction of sp³-hybridized carbons (Fsp3) is 0.353. The maximum Gasteiger partial charge on any atom is 0.197 e. The number of aromatic nitrogens is 4. The molecular formula is C17H18FN5. The summed E-state index contributed by atoms with van der Waals surface area (Å²) in [5, 5.41) is 0. The van der Waals surface area contributed by atoms with Crippen LogP contribution in [-0.2, 0) is 6.54 Å². The van der Waals surface area contributed by atoms with Crippen molar-refractivity contribution in [2.45, 2.75) is 31.8 Å². The molecule has 3 aromatic rings. The van der Waals surface area contributed by atoms with Crippen molar-refractivity contribution in [2.24, 2.45) is 0 Å². The summed E-state index contributed by atoms with van der Waals surface area (Å²) in [6.07, 6.45) is 6.74. The van der Waals surface area contributed by atoms with Gasteiger partial charge in [0.25, 0.3) is 0 Å². The number of likely N-dealkylation sites (tertiary alicyclic amines) is 1. The number of benzene rings is 1. The lowest BCUT2D eigenvalue weighted by Crippen LogP contribution is -2.33. The van der Waals surface area contributed by atoms with E-state index in [1.54, 1.807) is 12.4 Å². The SMILES string of the molecule is Fc1ccc(CN2CCCCC2c2nc3nccnc3[nH]2)cc1. The van der Waals surface area contributed by atoms with Gasteiger partial charge in [-0.25, -0.2) is 19.3 Å². The third-order valence-corrected chi connectivity index (χ3v) is 4.38. The Morgan fingerprint density at radius 1 is 1.13 bits per heavy atom. The van der Waals surface area contributed by atoms with Crippen LogP contribution >= 0.6 is 0 Å². The number of halogens is 1. The fourth-order valence-electron chi connectivity index (χ4n) is 3.24. The zero-order valence-electron chi connectivity index (χ0n) is 12.7. The number of aromatic amines is 1. The molecule has 0 aliphatic carbocycles. The van der Waals surface area contributed by atoms with Crippen molar-refractivity contribution >= 4 is 11.3 Å². The Morgan fingerprint density at radius 2 is 1.96 bits per heavy atom. The van der Waals surface area contributed by atoms with E-state index in [0.29, 0.717) is 5.65 Å². The maximum atomic E-state index is 13.1.